The summed E-state index contributed by atoms with van der Waals surface area (Å²) in [6.07, 6.45) is 8.76. The predicted octanol–water partition coefficient (Wildman–Crippen LogP) is 5.52. The molecule has 5 atom stereocenters. The standard InChI is InChI=1S/C28H31NO3/c1-3-11-28(30)12-10-23-21-7-4-17-13-19(29)6-8-20(17)26(21)22(15-27(23,28)2)18-5-9-24-25(14-18)32-16-31-24/h5,9,13-14,21-23,29-30H,4,6-8,10,12,15-16H2,1-2H3/t21-,22+,23?,27-,28-/m0/s1. The molecule has 2 N–H and O–H groups in total. The number of nitrogens with one attached hydrogen (secondary N) is 1. The van der Waals surface area contributed by atoms with E-state index in [0.717, 1.165) is 62.2 Å². The first-order valence-electron chi connectivity index (χ1n) is 12.0. The molecule has 1 unspecified atom stereocenters. The Morgan fingerprint density at radius 3 is 2.81 bits per heavy atom. The highest BCUT2D eigenvalue weighted by Crippen LogP contribution is 2.66. The Balaban J connectivity index is 1.54. The lowest BCUT2D eigenvalue weighted by molar-refractivity contribution is -0.0513. The zero-order valence-corrected chi connectivity index (χ0v) is 19.0. The zero-order chi connectivity index (χ0) is 22.1. The molecule has 1 aliphatic heterocycles. The van der Waals surface area contributed by atoms with Gasteiger partial charge in [0, 0.05) is 17.0 Å². The third kappa shape index (κ3) is 2.70. The van der Waals surface area contributed by atoms with Crippen LogP contribution in [0.2, 0.25) is 0 Å². The highest BCUT2D eigenvalue weighted by atomic mass is 16.7. The van der Waals surface area contributed by atoms with Crippen LogP contribution < -0.4 is 9.47 Å². The number of hydrogen-bond acceptors (Lipinski definition) is 4. The SMILES string of the molecule is CC#C[C@]1(O)CCC2[C@@H]3CCC4=CC(=N)CCC4=C3[C@@H](c3ccc4c(c3)OCO4)C[C@@]21C. The molecule has 1 aromatic carbocycles. The predicted molar refractivity (Wildman–Crippen MR) is 124 cm³/mol. The topological polar surface area (TPSA) is 62.5 Å². The molecular formula is C28H31NO3. The monoisotopic (exact) mass is 429 g/mol. The van der Waals surface area contributed by atoms with Gasteiger partial charge in [0.2, 0.25) is 6.79 Å². The Kier molecular flexibility index (Phi) is 4.40. The van der Waals surface area contributed by atoms with E-state index in [-0.39, 0.29) is 18.1 Å². The number of hydrogen-bond donors (Lipinski definition) is 2. The summed E-state index contributed by atoms with van der Waals surface area (Å²) < 4.78 is 11.3. The van der Waals surface area contributed by atoms with Gasteiger partial charge in [0.25, 0.3) is 0 Å². The second kappa shape index (κ2) is 6.99. The van der Waals surface area contributed by atoms with Gasteiger partial charge in [-0.05, 0) is 98.6 Å². The van der Waals surface area contributed by atoms with Crippen LogP contribution in [0.5, 0.6) is 11.5 Å². The number of allylic oxidation sites excluding steroid dienone is 4. The van der Waals surface area contributed by atoms with Crippen LogP contribution >= 0.6 is 0 Å². The van der Waals surface area contributed by atoms with Gasteiger partial charge in [-0.15, -0.1) is 5.92 Å². The normalized spacial score (nSPS) is 37.2. The van der Waals surface area contributed by atoms with E-state index < -0.39 is 5.60 Å². The van der Waals surface area contributed by atoms with Gasteiger partial charge in [-0.25, -0.2) is 0 Å². The maximum atomic E-state index is 11.7. The zero-order valence-electron chi connectivity index (χ0n) is 19.0. The number of benzene rings is 1. The van der Waals surface area contributed by atoms with Crippen LogP contribution in [0.25, 0.3) is 0 Å². The average molecular weight is 430 g/mol. The Hall–Kier alpha value is -2.51. The minimum absolute atomic E-state index is 0.227. The van der Waals surface area contributed by atoms with Gasteiger partial charge < -0.3 is 20.0 Å². The molecule has 4 heteroatoms. The van der Waals surface area contributed by atoms with E-state index >= 15 is 0 Å². The quantitative estimate of drug-likeness (QED) is 0.578. The van der Waals surface area contributed by atoms with Gasteiger partial charge in [-0.2, -0.15) is 0 Å². The molecule has 0 radical (unpaired) electrons. The first kappa shape index (κ1) is 20.1. The Morgan fingerprint density at radius 2 is 1.97 bits per heavy atom. The summed E-state index contributed by atoms with van der Waals surface area (Å²) in [7, 11) is 0. The van der Waals surface area contributed by atoms with Crippen LogP contribution in [-0.2, 0) is 0 Å². The van der Waals surface area contributed by atoms with Crippen LogP contribution in [0, 0.1) is 34.5 Å². The van der Waals surface area contributed by atoms with Gasteiger partial charge in [-0.1, -0.05) is 24.5 Å². The van der Waals surface area contributed by atoms with Gasteiger partial charge in [-0.3, -0.25) is 0 Å². The highest BCUT2D eigenvalue weighted by Gasteiger charge is 2.62. The van der Waals surface area contributed by atoms with Crippen LogP contribution in [0.1, 0.15) is 70.3 Å². The van der Waals surface area contributed by atoms with Crippen LogP contribution in [-0.4, -0.2) is 23.2 Å². The summed E-state index contributed by atoms with van der Waals surface area (Å²) in [5.41, 5.74) is 5.29. The molecule has 166 valence electrons. The Morgan fingerprint density at radius 1 is 1.12 bits per heavy atom. The largest absolute Gasteiger partial charge is 0.454 e. The molecule has 0 aromatic heterocycles. The highest BCUT2D eigenvalue weighted by molar-refractivity contribution is 5.95. The minimum atomic E-state index is -0.929. The molecule has 4 nitrogen and oxygen atoms in total. The Labute approximate surface area is 190 Å². The summed E-state index contributed by atoms with van der Waals surface area (Å²) >= 11 is 0. The molecule has 0 spiro atoms. The molecule has 1 aromatic rings. The van der Waals surface area contributed by atoms with Crippen LogP contribution in [0.15, 0.2) is 41.0 Å². The Bertz CT molecular complexity index is 1140. The summed E-state index contributed by atoms with van der Waals surface area (Å²) in [5, 5.41) is 20.0. The molecule has 0 saturated heterocycles. The van der Waals surface area contributed by atoms with Crippen molar-refractivity contribution in [3.05, 3.63) is 46.6 Å². The molecule has 0 amide bonds. The number of ether oxygens (including phenoxy) is 2. The van der Waals surface area contributed by atoms with E-state index in [4.69, 9.17) is 14.9 Å². The van der Waals surface area contributed by atoms with E-state index in [2.05, 4.69) is 37.0 Å². The molecule has 32 heavy (non-hydrogen) atoms. The van der Waals surface area contributed by atoms with Gasteiger partial charge in [0.05, 0.1) is 0 Å². The molecule has 6 rings (SSSR count). The van der Waals surface area contributed by atoms with E-state index in [0.29, 0.717) is 11.8 Å². The lowest BCUT2D eigenvalue weighted by Crippen LogP contribution is -2.51. The molecule has 0 bridgehead atoms. The number of aliphatic hydroxyl groups is 1. The van der Waals surface area contributed by atoms with Gasteiger partial charge >= 0.3 is 0 Å². The van der Waals surface area contributed by atoms with Crippen molar-refractivity contribution in [1.29, 1.82) is 5.41 Å². The molecule has 4 aliphatic carbocycles. The van der Waals surface area contributed by atoms with Gasteiger partial charge in [0.1, 0.15) is 5.60 Å². The maximum absolute atomic E-state index is 11.7. The summed E-state index contributed by atoms with van der Waals surface area (Å²) in [6.45, 7) is 4.41. The molecule has 2 saturated carbocycles. The fourth-order valence-corrected chi connectivity index (χ4v) is 7.53. The van der Waals surface area contributed by atoms with Crippen LogP contribution in [0.4, 0.5) is 0 Å². The smallest absolute Gasteiger partial charge is 0.231 e. The lowest BCUT2D eigenvalue weighted by atomic mass is 9.51. The van der Waals surface area contributed by atoms with Crippen molar-refractivity contribution in [3.8, 4) is 23.3 Å². The number of fused-ring (bicyclic) bond motifs is 5. The minimum Gasteiger partial charge on any atom is -0.454 e. The fraction of sp³-hybridized carbons (Fsp3) is 0.536. The summed E-state index contributed by atoms with van der Waals surface area (Å²) in [5.74, 6) is 9.05. The summed E-state index contributed by atoms with van der Waals surface area (Å²) in [6, 6.07) is 6.38. The van der Waals surface area contributed by atoms with E-state index in [1.807, 2.05) is 13.0 Å². The fourth-order valence-electron chi connectivity index (χ4n) is 7.53. The maximum Gasteiger partial charge on any atom is 0.231 e. The molecule has 1 heterocycles. The van der Waals surface area contributed by atoms with Crippen molar-refractivity contribution >= 4 is 5.71 Å². The average Bonchev–Trinajstić information content (AvgIpc) is 3.35. The molecular weight excluding hydrogens is 398 g/mol. The van der Waals surface area contributed by atoms with Crippen molar-refractivity contribution in [2.75, 3.05) is 6.79 Å². The van der Waals surface area contributed by atoms with Crippen LogP contribution in [0.3, 0.4) is 0 Å². The van der Waals surface area contributed by atoms with E-state index in [1.54, 1.807) is 5.57 Å². The molecule has 2 fully saturated rings. The van der Waals surface area contributed by atoms with Crippen molar-refractivity contribution in [1.82, 2.24) is 0 Å². The second-order valence-corrected chi connectivity index (χ2v) is 10.4. The van der Waals surface area contributed by atoms with E-state index in [9.17, 15) is 5.11 Å². The summed E-state index contributed by atoms with van der Waals surface area (Å²) in [4.78, 5) is 0. The second-order valence-electron chi connectivity index (χ2n) is 10.4. The third-order valence-electron chi connectivity index (χ3n) is 9.05. The van der Waals surface area contributed by atoms with Crippen molar-refractivity contribution in [2.24, 2.45) is 17.3 Å². The van der Waals surface area contributed by atoms with Crippen molar-refractivity contribution < 1.29 is 14.6 Å². The van der Waals surface area contributed by atoms with Gasteiger partial charge in [0.15, 0.2) is 11.5 Å². The van der Waals surface area contributed by atoms with Crippen molar-refractivity contribution in [3.63, 3.8) is 0 Å². The lowest BCUT2D eigenvalue weighted by Gasteiger charge is -2.53. The van der Waals surface area contributed by atoms with E-state index in [1.165, 1.54) is 16.7 Å². The third-order valence-corrected chi connectivity index (χ3v) is 9.05. The first-order chi connectivity index (χ1) is 15.4. The number of rotatable bonds is 1. The van der Waals surface area contributed by atoms with Crippen molar-refractivity contribution in [2.45, 2.75) is 70.3 Å². The first-order valence-corrected chi connectivity index (χ1v) is 12.0. The molecule has 5 aliphatic rings.